The Morgan fingerprint density at radius 1 is 1.12 bits per heavy atom. The fourth-order valence-electron chi connectivity index (χ4n) is 4.63. The molecule has 1 unspecified atom stereocenters. The molecule has 1 aliphatic rings. The van der Waals surface area contributed by atoms with Crippen LogP contribution in [0.4, 0.5) is 5.82 Å². The number of nitrogens with zero attached hydrogens (tertiary/aromatic N) is 5. The maximum atomic E-state index is 5.51. The molecule has 0 saturated heterocycles. The van der Waals surface area contributed by atoms with Crippen LogP contribution in [-0.2, 0) is 19.9 Å². The molecule has 0 radical (unpaired) electrons. The highest BCUT2D eigenvalue weighted by atomic mass is 32.1. The van der Waals surface area contributed by atoms with E-state index < -0.39 is 0 Å². The third-order valence-electron chi connectivity index (χ3n) is 6.31. The van der Waals surface area contributed by atoms with Crippen LogP contribution in [0.5, 0.6) is 5.75 Å². The van der Waals surface area contributed by atoms with Gasteiger partial charge in [-0.25, -0.2) is 15.0 Å². The van der Waals surface area contributed by atoms with Crippen molar-refractivity contribution >= 4 is 27.4 Å². The largest absolute Gasteiger partial charge is 0.497 e. The molecule has 7 nitrogen and oxygen atoms in total. The Morgan fingerprint density at radius 3 is 2.85 bits per heavy atom. The van der Waals surface area contributed by atoms with Crippen LogP contribution < -0.4 is 10.1 Å². The Bertz CT molecular complexity index is 1480. The van der Waals surface area contributed by atoms with Crippen molar-refractivity contribution in [2.45, 2.75) is 25.3 Å². The summed E-state index contributed by atoms with van der Waals surface area (Å²) in [6, 6.07) is 11.8. The number of anilines is 1. The van der Waals surface area contributed by atoms with Crippen LogP contribution >= 0.6 is 11.3 Å². The molecule has 1 aliphatic carbocycles. The van der Waals surface area contributed by atoms with Crippen LogP contribution in [0, 0.1) is 0 Å². The summed E-state index contributed by atoms with van der Waals surface area (Å²) in [5.41, 5.74) is 3.33. The number of nitrogens with one attached hydrogen (secondary N) is 1. The van der Waals surface area contributed by atoms with E-state index in [1.165, 1.54) is 16.9 Å². The molecule has 0 spiro atoms. The van der Waals surface area contributed by atoms with Crippen LogP contribution in [-0.4, -0.2) is 31.6 Å². The Morgan fingerprint density at radius 2 is 2.06 bits per heavy atom. The fourth-order valence-corrected chi connectivity index (χ4v) is 5.90. The number of thiophene rings is 1. The highest BCUT2D eigenvalue weighted by molar-refractivity contribution is 7.19. The number of imidazole rings is 1. The van der Waals surface area contributed by atoms with Crippen LogP contribution in [0.25, 0.3) is 21.6 Å². The predicted molar refractivity (Wildman–Crippen MR) is 134 cm³/mol. The summed E-state index contributed by atoms with van der Waals surface area (Å²) >= 11 is 1.79. The van der Waals surface area contributed by atoms with Crippen molar-refractivity contribution in [2.75, 3.05) is 12.4 Å². The van der Waals surface area contributed by atoms with E-state index in [4.69, 9.17) is 14.7 Å². The van der Waals surface area contributed by atoms with Crippen molar-refractivity contribution in [3.63, 3.8) is 0 Å². The summed E-state index contributed by atoms with van der Waals surface area (Å²) in [5.74, 6) is 3.21. The van der Waals surface area contributed by atoms with Gasteiger partial charge >= 0.3 is 0 Å². The van der Waals surface area contributed by atoms with Gasteiger partial charge in [-0.3, -0.25) is 4.98 Å². The number of ether oxygens (including phenoxy) is 1. The molecule has 34 heavy (non-hydrogen) atoms. The van der Waals surface area contributed by atoms with E-state index in [9.17, 15) is 0 Å². The van der Waals surface area contributed by atoms with Gasteiger partial charge in [0.05, 0.1) is 12.5 Å². The summed E-state index contributed by atoms with van der Waals surface area (Å²) < 4.78 is 7.55. The zero-order valence-corrected chi connectivity index (χ0v) is 19.8. The van der Waals surface area contributed by atoms with Gasteiger partial charge in [0.25, 0.3) is 0 Å². The molecule has 5 aromatic rings. The second-order valence-corrected chi connectivity index (χ2v) is 9.51. The van der Waals surface area contributed by atoms with Gasteiger partial charge in [-0.2, -0.15) is 0 Å². The van der Waals surface area contributed by atoms with Crippen molar-refractivity contribution in [1.82, 2.24) is 24.5 Å². The van der Waals surface area contributed by atoms with Crippen molar-refractivity contribution in [1.29, 1.82) is 0 Å². The maximum Gasteiger partial charge on any atom is 0.164 e. The molecule has 0 fully saturated rings. The summed E-state index contributed by atoms with van der Waals surface area (Å²) in [6.45, 7) is 0. The van der Waals surface area contributed by atoms with Crippen LogP contribution in [0.3, 0.4) is 0 Å². The first kappa shape index (κ1) is 20.8. The molecular formula is C26H24N6OS. The number of benzene rings is 1. The smallest absolute Gasteiger partial charge is 0.164 e. The molecule has 4 aromatic heterocycles. The van der Waals surface area contributed by atoms with Gasteiger partial charge in [-0.15, -0.1) is 11.3 Å². The average molecular weight is 469 g/mol. The number of aromatic nitrogens is 5. The van der Waals surface area contributed by atoms with E-state index in [0.717, 1.165) is 51.6 Å². The molecule has 0 bridgehead atoms. The first-order chi connectivity index (χ1) is 16.7. The molecule has 0 saturated carbocycles. The standard InChI is InChI=1S/C26H24N6OS/c1-32-13-12-28-25(32)22(16-6-3-8-18(14-16)33-2)29-24-21-19-9-4-10-20(19)34-26(21)31-23(30-24)17-7-5-11-27-15-17/h3,5-8,11-15,22H,4,9-10H2,1-2H3,(H,29,30,31). The molecule has 1 atom stereocenters. The molecule has 170 valence electrons. The lowest BCUT2D eigenvalue weighted by Gasteiger charge is -2.21. The molecular weight excluding hydrogens is 444 g/mol. The minimum atomic E-state index is -0.216. The number of methoxy groups -OCH3 is 1. The second kappa shape index (κ2) is 8.53. The van der Waals surface area contributed by atoms with Crippen molar-refractivity contribution in [2.24, 2.45) is 7.05 Å². The van der Waals surface area contributed by atoms with E-state index in [2.05, 4.69) is 21.4 Å². The van der Waals surface area contributed by atoms with E-state index in [1.807, 2.05) is 60.5 Å². The molecule has 0 aliphatic heterocycles. The molecule has 6 rings (SSSR count). The molecule has 0 amide bonds. The van der Waals surface area contributed by atoms with Gasteiger partial charge in [-0.1, -0.05) is 12.1 Å². The Labute approximate surface area is 201 Å². The van der Waals surface area contributed by atoms with E-state index in [-0.39, 0.29) is 6.04 Å². The summed E-state index contributed by atoms with van der Waals surface area (Å²) in [5, 5.41) is 4.89. The lowest BCUT2D eigenvalue weighted by atomic mass is 10.0. The summed E-state index contributed by atoms with van der Waals surface area (Å²) in [6.07, 6.45) is 10.7. The number of hydrogen-bond donors (Lipinski definition) is 1. The predicted octanol–water partition coefficient (Wildman–Crippen LogP) is 5.19. The average Bonchev–Trinajstić information content (AvgIpc) is 3.59. The van der Waals surface area contributed by atoms with E-state index >= 15 is 0 Å². The van der Waals surface area contributed by atoms with Crippen molar-refractivity contribution < 1.29 is 4.74 Å². The van der Waals surface area contributed by atoms with E-state index in [1.54, 1.807) is 24.6 Å². The SMILES string of the molecule is COc1cccc(C(Nc2nc(-c3cccnc3)nc3sc4c(c23)CCC4)c2nccn2C)c1. The number of hydrogen-bond acceptors (Lipinski definition) is 7. The monoisotopic (exact) mass is 468 g/mol. The third kappa shape index (κ3) is 3.60. The zero-order valence-electron chi connectivity index (χ0n) is 19.0. The normalized spacial score (nSPS) is 13.7. The molecule has 1 N–H and O–H groups in total. The zero-order chi connectivity index (χ0) is 23.1. The Kier molecular flexibility index (Phi) is 5.22. The van der Waals surface area contributed by atoms with E-state index in [0.29, 0.717) is 5.82 Å². The topological polar surface area (TPSA) is 77.8 Å². The minimum absolute atomic E-state index is 0.216. The fraction of sp³-hybridized carbons (Fsp3) is 0.231. The molecule has 4 heterocycles. The van der Waals surface area contributed by atoms with Gasteiger partial charge in [0.1, 0.15) is 28.3 Å². The van der Waals surface area contributed by atoms with Crippen LogP contribution in [0.2, 0.25) is 0 Å². The van der Waals surface area contributed by atoms with Crippen LogP contribution in [0.15, 0.2) is 61.2 Å². The minimum Gasteiger partial charge on any atom is -0.497 e. The number of aryl methyl sites for hydroxylation is 3. The van der Waals surface area contributed by atoms with Crippen molar-refractivity contribution in [3.05, 3.63) is 83.0 Å². The Hall–Kier alpha value is -3.78. The van der Waals surface area contributed by atoms with Gasteiger partial charge in [-0.05, 0) is 54.7 Å². The second-order valence-electron chi connectivity index (χ2n) is 8.43. The van der Waals surface area contributed by atoms with Crippen LogP contribution in [0.1, 0.15) is 34.3 Å². The van der Waals surface area contributed by atoms with Crippen molar-refractivity contribution in [3.8, 4) is 17.1 Å². The summed E-state index contributed by atoms with van der Waals surface area (Å²) in [4.78, 5) is 21.4. The van der Waals surface area contributed by atoms with Gasteiger partial charge in [0, 0.05) is 42.3 Å². The number of fused-ring (bicyclic) bond motifs is 3. The number of rotatable bonds is 6. The third-order valence-corrected chi connectivity index (χ3v) is 7.49. The highest BCUT2D eigenvalue weighted by Crippen LogP contribution is 2.41. The quantitative estimate of drug-likeness (QED) is 0.370. The van der Waals surface area contributed by atoms with Gasteiger partial charge in [0.2, 0.25) is 0 Å². The first-order valence-electron chi connectivity index (χ1n) is 11.3. The highest BCUT2D eigenvalue weighted by Gasteiger charge is 2.26. The molecule has 8 heteroatoms. The number of pyridine rings is 1. The summed E-state index contributed by atoms with van der Waals surface area (Å²) in [7, 11) is 3.70. The first-order valence-corrected chi connectivity index (χ1v) is 12.1. The van der Waals surface area contributed by atoms with Gasteiger partial charge in [0.15, 0.2) is 5.82 Å². The maximum absolute atomic E-state index is 5.51. The van der Waals surface area contributed by atoms with Gasteiger partial charge < -0.3 is 14.6 Å². The molecule has 1 aromatic carbocycles. The lowest BCUT2D eigenvalue weighted by Crippen LogP contribution is -2.18. The lowest BCUT2D eigenvalue weighted by molar-refractivity contribution is 0.414. The Balaban J connectivity index is 1.54.